The smallest absolute Gasteiger partial charge is 0.240 e. The molecule has 27 heavy (non-hydrogen) atoms. The van der Waals surface area contributed by atoms with Gasteiger partial charge in [-0.1, -0.05) is 6.92 Å². The first-order valence-corrected chi connectivity index (χ1v) is 9.02. The Bertz CT molecular complexity index is 870. The van der Waals surface area contributed by atoms with E-state index in [0.717, 1.165) is 6.42 Å². The quantitative estimate of drug-likeness (QED) is 0.812. The summed E-state index contributed by atoms with van der Waals surface area (Å²) in [4.78, 5) is 30.2. The van der Waals surface area contributed by atoms with Crippen molar-refractivity contribution in [2.75, 3.05) is 24.6 Å². The monoisotopic (exact) mass is 371 g/mol. The lowest BCUT2D eigenvalue weighted by molar-refractivity contribution is -0.123. The largest absolute Gasteiger partial charge is 0.493 e. The average molecular weight is 371 g/mol. The molecular weight excluding hydrogens is 349 g/mol. The number of pyridine rings is 1. The second kappa shape index (κ2) is 8.16. The molecule has 3 rings (SSSR count). The van der Waals surface area contributed by atoms with Crippen LogP contribution in [0.15, 0.2) is 30.5 Å². The number of hydrogen-bond acceptors (Lipinski definition) is 4. The van der Waals surface area contributed by atoms with Crippen molar-refractivity contribution in [2.24, 2.45) is 0 Å². The highest BCUT2D eigenvalue weighted by Gasteiger charge is 2.30. The Morgan fingerprint density at radius 2 is 2.15 bits per heavy atom. The molecule has 0 spiro atoms. The van der Waals surface area contributed by atoms with Crippen molar-refractivity contribution < 1.29 is 18.7 Å². The molecule has 2 heterocycles. The first-order chi connectivity index (χ1) is 13.0. The van der Waals surface area contributed by atoms with Crippen LogP contribution in [0.3, 0.4) is 0 Å². The zero-order valence-electron chi connectivity index (χ0n) is 15.4. The maximum Gasteiger partial charge on any atom is 0.240 e. The number of benzene rings is 1. The number of aromatic nitrogens is 1. The summed E-state index contributed by atoms with van der Waals surface area (Å²) in [5.74, 6) is -0.243. The van der Waals surface area contributed by atoms with E-state index in [1.807, 2.05) is 13.8 Å². The number of carbonyl (C=O) groups excluding carboxylic acids is 2. The van der Waals surface area contributed by atoms with E-state index in [0.29, 0.717) is 41.4 Å². The minimum absolute atomic E-state index is 0.0571. The van der Waals surface area contributed by atoms with Gasteiger partial charge in [0.25, 0.3) is 0 Å². The molecule has 2 aromatic rings. The first-order valence-electron chi connectivity index (χ1n) is 9.02. The molecule has 0 atom stereocenters. The van der Waals surface area contributed by atoms with E-state index in [1.54, 1.807) is 18.3 Å². The molecule has 7 heteroatoms. The van der Waals surface area contributed by atoms with E-state index in [2.05, 4.69) is 10.3 Å². The molecule has 0 radical (unpaired) electrons. The number of ether oxygens (including phenoxy) is 1. The Kier molecular flexibility index (Phi) is 5.69. The number of fused-ring (bicyclic) bond motifs is 1. The second-order valence-corrected chi connectivity index (χ2v) is 6.27. The zero-order valence-corrected chi connectivity index (χ0v) is 15.4. The molecule has 1 aromatic heterocycles. The Morgan fingerprint density at radius 3 is 2.89 bits per heavy atom. The van der Waals surface area contributed by atoms with E-state index in [-0.39, 0.29) is 30.6 Å². The number of rotatable bonds is 7. The van der Waals surface area contributed by atoms with Crippen molar-refractivity contribution in [1.29, 1.82) is 0 Å². The fourth-order valence-electron chi connectivity index (χ4n) is 3.02. The van der Waals surface area contributed by atoms with Crippen molar-refractivity contribution in [3.8, 4) is 16.9 Å². The van der Waals surface area contributed by atoms with Gasteiger partial charge in [0.2, 0.25) is 11.8 Å². The highest BCUT2D eigenvalue weighted by Crippen LogP contribution is 2.35. The molecule has 142 valence electrons. The Morgan fingerprint density at radius 1 is 1.33 bits per heavy atom. The standard InChI is InChI=1S/C20H22FN3O3/c1-3-7-22-19(25)12-24-17-8-13(11-23-16(17)10-20(24)26)15-9-14(21)5-6-18(15)27-4-2/h5-6,8-9,11H,3-4,7,10,12H2,1-2H3,(H,22,25). The van der Waals surface area contributed by atoms with Gasteiger partial charge in [-0.3, -0.25) is 14.6 Å². The molecule has 2 amide bonds. The second-order valence-electron chi connectivity index (χ2n) is 6.27. The van der Waals surface area contributed by atoms with Gasteiger partial charge in [-0.05, 0) is 37.6 Å². The third kappa shape index (κ3) is 4.07. The molecular formula is C20H22FN3O3. The number of amides is 2. The van der Waals surface area contributed by atoms with E-state index in [4.69, 9.17) is 4.74 Å². The summed E-state index contributed by atoms with van der Waals surface area (Å²) in [6.07, 6.45) is 2.57. The average Bonchev–Trinajstić information content (AvgIpc) is 2.96. The minimum atomic E-state index is -0.388. The molecule has 1 N–H and O–H groups in total. The van der Waals surface area contributed by atoms with Crippen LogP contribution in [0, 0.1) is 5.82 Å². The van der Waals surface area contributed by atoms with Crippen LogP contribution in [0.2, 0.25) is 0 Å². The van der Waals surface area contributed by atoms with Crippen LogP contribution in [-0.4, -0.2) is 36.5 Å². The van der Waals surface area contributed by atoms with Gasteiger partial charge in [0.05, 0.1) is 24.4 Å². The molecule has 6 nitrogen and oxygen atoms in total. The summed E-state index contributed by atoms with van der Waals surface area (Å²) in [7, 11) is 0. The number of halogens is 1. The van der Waals surface area contributed by atoms with Crippen molar-refractivity contribution in [2.45, 2.75) is 26.7 Å². The van der Waals surface area contributed by atoms with Gasteiger partial charge < -0.3 is 15.0 Å². The van der Waals surface area contributed by atoms with Gasteiger partial charge in [-0.2, -0.15) is 0 Å². The number of hydrogen-bond donors (Lipinski definition) is 1. The molecule has 0 saturated carbocycles. The van der Waals surface area contributed by atoms with Gasteiger partial charge in [-0.25, -0.2) is 4.39 Å². The van der Waals surface area contributed by atoms with Crippen molar-refractivity contribution in [3.05, 3.63) is 42.0 Å². The molecule has 1 aliphatic rings. The molecule has 1 aromatic carbocycles. The lowest BCUT2D eigenvalue weighted by Gasteiger charge is -2.18. The summed E-state index contributed by atoms with van der Waals surface area (Å²) < 4.78 is 19.4. The lowest BCUT2D eigenvalue weighted by atomic mass is 10.1. The topological polar surface area (TPSA) is 71.5 Å². The maximum atomic E-state index is 13.8. The lowest BCUT2D eigenvalue weighted by Crippen LogP contribution is -2.39. The van der Waals surface area contributed by atoms with Gasteiger partial charge in [0.15, 0.2) is 0 Å². The van der Waals surface area contributed by atoms with Crippen LogP contribution in [0.1, 0.15) is 26.0 Å². The summed E-state index contributed by atoms with van der Waals surface area (Å²) in [6.45, 7) is 4.76. The summed E-state index contributed by atoms with van der Waals surface area (Å²) >= 11 is 0. The number of nitrogens with one attached hydrogen (secondary N) is 1. The van der Waals surface area contributed by atoms with Crippen LogP contribution >= 0.6 is 0 Å². The fraction of sp³-hybridized carbons (Fsp3) is 0.350. The van der Waals surface area contributed by atoms with Crippen molar-refractivity contribution in [1.82, 2.24) is 10.3 Å². The Hall–Kier alpha value is -2.96. The normalized spacial score (nSPS) is 12.9. The van der Waals surface area contributed by atoms with Crippen LogP contribution in [0.5, 0.6) is 5.75 Å². The molecule has 1 aliphatic heterocycles. The first kappa shape index (κ1) is 18.8. The Balaban J connectivity index is 1.94. The molecule has 0 bridgehead atoms. The SMILES string of the molecule is CCCNC(=O)CN1C(=O)Cc2ncc(-c3cc(F)ccc3OCC)cc21. The van der Waals surface area contributed by atoms with Gasteiger partial charge in [0.1, 0.15) is 18.1 Å². The predicted molar refractivity (Wildman–Crippen MR) is 100 cm³/mol. The molecule has 0 fully saturated rings. The fourth-order valence-corrected chi connectivity index (χ4v) is 3.02. The van der Waals surface area contributed by atoms with E-state index < -0.39 is 0 Å². The molecule has 0 aliphatic carbocycles. The van der Waals surface area contributed by atoms with E-state index in [1.165, 1.54) is 17.0 Å². The summed E-state index contributed by atoms with van der Waals surface area (Å²) in [5.41, 5.74) is 2.38. The van der Waals surface area contributed by atoms with Crippen LogP contribution in [-0.2, 0) is 16.0 Å². The molecule has 0 saturated heterocycles. The van der Waals surface area contributed by atoms with E-state index in [9.17, 15) is 14.0 Å². The highest BCUT2D eigenvalue weighted by atomic mass is 19.1. The number of nitrogens with zero attached hydrogens (tertiary/aromatic N) is 2. The van der Waals surface area contributed by atoms with Gasteiger partial charge >= 0.3 is 0 Å². The van der Waals surface area contributed by atoms with Crippen LogP contribution in [0.4, 0.5) is 10.1 Å². The third-order valence-electron chi connectivity index (χ3n) is 4.28. The van der Waals surface area contributed by atoms with E-state index >= 15 is 0 Å². The number of anilines is 1. The maximum absolute atomic E-state index is 13.8. The zero-order chi connectivity index (χ0) is 19.4. The predicted octanol–water partition coefficient (Wildman–Crippen LogP) is 2.70. The number of carbonyl (C=O) groups is 2. The highest BCUT2D eigenvalue weighted by molar-refractivity contribution is 6.05. The summed E-state index contributed by atoms with van der Waals surface area (Å²) in [5, 5.41) is 2.77. The molecule has 0 unspecified atom stereocenters. The van der Waals surface area contributed by atoms with Gasteiger partial charge in [0, 0.05) is 23.9 Å². The minimum Gasteiger partial charge on any atom is -0.493 e. The van der Waals surface area contributed by atoms with Crippen LogP contribution in [0.25, 0.3) is 11.1 Å². The third-order valence-corrected chi connectivity index (χ3v) is 4.28. The van der Waals surface area contributed by atoms with Crippen LogP contribution < -0.4 is 15.0 Å². The Labute approximate surface area is 157 Å². The van der Waals surface area contributed by atoms with Crippen molar-refractivity contribution >= 4 is 17.5 Å². The van der Waals surface area contributed by atoms with Crippen molar-refractivity contribution in [3.63, 3.8) is 0 Å². The van der Waals surface area contributed by atoms with Gasteiger partial charge in [-0.15, -0.1) is 0 Å². The summed E-state index contributed by atoms with van der Waals surface area (Å²) in [6, 6.07) is 6.05.